The highest BCUT2D eigenvalue weighted by atomic mass is 35.5. The molecule has 172 valence electrons. The topological polar surface area (TPSA) is 36.4 Å². The number of carbonyl (C=O) groups excluding carboxylic acids is 1. The summed E-state index contributed by atoms with van der Waals surface area (Å²) in [6.07, 6.45) is 3.85. The number of anilines is 1. The van der Waals surface area contributed by atoms with E-state index in [1.165, 1.54) is 5.56 Å². The molecule has 0 N–H and O–H groups in total. The van der Waals surface area contributed by atoms with Gasteiger partial charge in [0.2, 0.25) is 5.91 Å². The first kappa shape index (κ1) is 23.7. The zero-order chi connectivity index (χ0) is 23.4. The SMILES string of the molecule is C[C@H](c1ccccc1)N(C)CC[C@@]1(c2ccc(Cl)c(Cl)c2)CCC(=O)N(c2ccccn2)C1. The first-order valence-electron chi connectivity index (χ1n) is 11.3. The molecule has 1 amide bonds. The van der Waals surface area contributed by atoms with Crippen molar-refractivity contribution >= 4 is 34.9 Å². The minimum Gasteiger partial charge on any atom is -0.300 e. The number of carbonyl (C=O) groups is 1. The Labute approximate surface area is 206 Å². The third kappa shape index (κ3) is 5.24. The second-order valence-electron chi connectivity index (χ2n) is 8.89. The van der Waals surface area contributed by atoms with E-state index in [1.54, 1.807) is 6.20 Å². The van der Waals surface area contributed by atoms with Crippen LogP contribution in [0.5, 0.6) is 0 Å². The average molecular weight is 482 g/mol. The second kappa shape index (κ2) is 10.3. The maximum Gasteiger partial charge on any atom is 0.228 e. The first-order chi connectivity index (χ1) is 15.9. The van der Waals surface area contributed by atoms with E-state index in [0.717, 1.165) is 24.9 Å². The van der Waals surface area contributed by atoms with Crippen LogP contribution in [0.15, 0.2) is 72.9 Å². The number of hydrogen-bond donors (Lipinski definition) is 0. The quantitative estimate of drug-likeness (QED) is 0.384. The number of aromatic nitrogens is 1. The van der Waals surface area contributed by atoms with Crippen molar-refractivity contribution in [3.05, 3.63) is 94.1 Å². The van der Waals surface area contributed by atoms with Crippen LogP contribution in [-0.2, 0) is 10.2 Å². The van der Waals surface area contributed by atoms with Gasteiger partial charge in [0, 0.05) is 30.6 Å². The molecule has 0 saturated carbocycles. The fourth-order valence-electron chi connectivity index (χ4n) is 4.65. The number of piperidine rings is 1. The Bertz CT molecular complexity index is 1090. The van der Waals surface area contributed by atoms with Gasteiger partial charge in [-0.05, 0) is 68.8 Å². The largest absolute Gasteiger partial charge is 0.300 e. The van der Waals surface area contributed by atoms with Gasteiger partial charge in [0.1, 0.15) is 5.82 Å². The molecule has 4 nitrogen and oxygen atoms in total. The molecule has 33 heavy (non-hydrogen) atoms. The third-order valence-corrected chi connectivity index (χ3v) is 7.66. The van der Waals surface area contributed by atoms with Gasteiger partial charge in [-0.2, -0.15) is 0 Å². The first-order valence-corrected chi connectivity index (χ1v) is 12.1. The molecule has 0 aliphatic carbocycles. The van der Waals surface area contributed by atoms with Crippen molar-refractivity contribution in [1.82, 2.24) is 9.88 Å². The van der Waals surface area contributed by atoms with Crippen LogP contribution in [0.3, 0.4) is 0 Å². The molecular formula is C27H29Cl2N3O. The van der Waals surface area contributed by atoms with Crippen molar-refractivity contribution in [3.63, 3.8) is 0 Å². The summed E-state index contributed by atoms with van der Waals surface area (Å²) in [6, 6.07) is 22.4. The summed E-state index contributed by atoms with van der Waals surface area (Å²) in [7, 11) is 2.16. The summed E-state index contributed by atoms with van der Waals surface area (Å²) in [6.45, 7) is 3.67. The molecule has 1 fully saturated rings. The van der Waals surface area contributed by atoms with Gasteiger partial charge in [0.15, 0.2) is 0 Å². The number of halogens is 2. The average Bonchev–Trinajstić information content (AvgIpc) is 2.86. The molecule has 1 aliphatic rings. The summed E-state index contributed by atoms with van der Waals surface area (Å²) in [5.41, 5.74) is 2.16. The summed E-state index contributed by atoms with van der Waals surface area (Å²) in [5.74, 6) is 0.799. The maximum absolute atomic E-state index is 12.9. The van der Waals surface area contributed by atoms with Gasteiger partial charge < -0.3 is 0 Å². The Morgan fingerprint density at radius 3 is 2.52 bits per heavy atom. The maximum atomic E-state index is 12.9. The molecule has 3 aromatic rings. The molecule has 2 aromatic carbocycles. The van der Waals surface area contributed by atoms with Crippen LogP contribution in [0.2, 0.25) is 10.0 Å². The number of benzene rings is 2. The highest BCUT2D eigenvalue weighted by Crippen LogP contribution is 2.41. The van der Waals surface area contributed by atoms with Gasteiger partial charge in [-0.3, -0.25) is 14.6 Å². The van der Waals surface area contributed by atoms with Crippen molar-refractivity contribution < 1.29 is 4.79 Å². The van der Waals surface area contributed by atoms with Crippen LogP contribution in [-0.4, -0.2) is 35.9 Å². The lowest BCUT2D eigenvalue weighted by Gasteiger charge is -2.44. The molecule has 2 atom stereocenters. The van der Waals surface area contributed by atoms with Gasteiger partial charge in [0.25, 0.3) is 0 Å². The van der Waals surface area contributed by atoms with Gasteiger partial charge >= 0.3 is 0 Å². The Balaban J connectivity index is 1.63. The number of hydrogen-bond acceptors (Lipinski definition) is 3. The van der Waals surface area contributed by atoms with E-state index in [0.29, 0.717) is 28.8 Å². The van der Waals surface area contributed by atoms with Crippen LogP contribution in [0.25, 0.3) is 0 Å². The standard InChI is InChI=1S/C27H29Cl2N3O/c1-20(21-8-4-3-5-9-21)31(2)17-15-27(22-11-12-23(28)24(29)18-22)14-13-26(33)32(19-27)25-10-6-7-16-30-25/h3-12,16,18,20H,13-15,17,19H2,1-2H3/t20-,27+/m1/s1. The molecule has 4 rings (SSSR count). The molecule has 1 saturated heterocycles. The second-order valence-corrected chi connectivity index (χ2v) is 9.71. The summed E-state index contributed by atoms with van der Waals surface area (Å²) in [4.78, 5) is 21.5. The number of pyridine rings is 1. The monoisotopic (exact) mass is 481 g/mol. The van der Waals surface area contributed by atoms with E-state index >= 15 is 0 Å². The fraction of sp³-hybridized carbons (Fsp3) is 0.333. The zero-order valence-corrected chi connectivity index (χ0v) is 20.6. The number of nitrogens with zero attached hydrogens (tertiary/aromatic N) is 3. The van der Waals surface area contributed by atoms with E-state index in [9.17, 15) is 4.79 Å². The predicted octanol–water partition coefficient (Wildman–Crippen LogP) is 6.54. The zero-order valence-electron chi connectivity index (χ0n) is 19.0. The van der Waals surface area contributed by atoms with Crippen molar-refractivity contribution in [3.8, 4) is 0 Å². The van der Waals surface area contributed by atoms with Crippen molar-refractivity contribution in [2.24, 2.45) is 0 Å². The van der Waals surface area contributed by atoms with Crippen molar-refractivity contribution in [2.75, 3.05) is 25.0 Å². The van der Waals surface area contributed by atoms with E-state index in [1.807, 2.05) is 41.3 Å². The molecule has 2 heterocycles. The Morgan fingerprint density at radius 1 is 1.06 bits per heavy atom. The van der Waals surface area contributed by atoms with E-state index in [4.69, 9.17) is 23.2 Å². The third-order valence-electron chi connectivity index (χ3n) is 6.92. The molecular weight excluding hydrogens is 453 g/mol. The van der Waals surface area contributed by atoms with Crippen LogP contribution in [0.1, 0.15) is 43.4 Å². The van der Waals surface area contributed by atoms with E-state index < -0.39 is 0 Å². The smallest absolute Gasteiger partial charge is 0.228 e. The molecule has 0 radical (unpaired) electrons. The molecule has 1 aromatic heterocycles. The van der Waals surface area contributed by atoms with Crippen LogP contribution in [0.4, 0.5) is 5.82 Å². The van der Waals surface area contributed by atoms with E-state index in [-0.39, 0.29) is 17.4 Å². The fourth-order valence-corrected chi connectivity index (χ4v) is 4.95. The Kier molecular flexibility index (Phi) is 7.38. The lowest BCUT2D eigenvalue weighted by Crippen LogP contribution is -2.50. The molecule has 0 bridgehead atoms. The highest BCUT2D eigenvalue weighted by molar-refractivity contribution is 6.42. The molecule has 6 heteroatoms. The van der Waals surface area contributed by atoms with Gasteiger partial charge in [-0.1, -0.05) is 65.7 Å². The predicted molar refractivity (Wildman–Crippen MR) is 136 cm³/mol. The van der Waals surface area contributed by atoms with Crippen LogP contribution >= 0.6 is 23.2 Å². The van der Waals surface area contributed by atoms with Gasteiger partial charge in [-0.25, -0.2) is 4.98 Å². The lowest BCUT2D eigenvalue weighted by atomic mass is 9.71. The lowest BCUT2D eigenvalue weighted by molar-refractivity contribution is -0.120. The molecule has 1 aliphatic heterocycles. The van der Waals surface area contributed by atoms with Crippen LogP contribution in [0, 0.1) is 0 Å². The molecule has 0 spiro atoms. The van der Waals surface area contributed by atoms with Crippen molar-refractivity contribution in [1.29, 1.82) is 0 Å². The summed E-state index contributed by atoms with van der Waals surface area (Å²) < 4.78 is 0. The summed E-state index contributed by atoms with van der Waals surface area (Å²) >= 11 is 12.7. The number of rotatable bonds is 7. The Hall–Kier alpha value is -2.40. The molecule has 0 unspecified atom stereocenters. The van der Waals surface area contributed by atoms with Crippen LogP contribution < -0.4 is 4.90 Å². The van der Waals surface area contributed by atoms with Crippen molar-refractivity contribution in [2.45, 2.75) is 37.6 Å². The van der Waals surface area contributed by atoms with Gasteiger partial charge in [0.05, 0.1) is 10.0 Å². The highest BCUT2D eigenvalue weighted by Gasteiger charge is 2.41. The normalized spacial score (nSPS) is 19.7. The number of amides is 1. The van der Waals surface area contributed by atoms with Gasteiger partial charge in [-0.15, -0.1) is 0 Å². The Morgan fingerprint density at radius 2 is 1.82 bits per heavy atom. The minimum absolute atomic E-state index is 0.107. The minimum atomic E-state index is -0.246. The summed E-state index contributed by atoms with van der Waals surface area (Å²) in [5, 5.41) is 1.08. The van der Waals surface area contributed by atoms with E-state index in [2.05, 4.69) is 54.2 Å².